The van der Waals surface area contributed by atoms with Gasteiger partial charge in [0.2, 0.25) is 0 Å². The highest BCUT2D eigenvalue weighted by molar-refractivity contribution is 5.59. The smallest absolute Gasteiger partial charge is 0.182 e. The Morgan fingerprint density at radius 2 is 1.88 bits per heavy atom. The number of rotatable bonds is 3. The molecule has 6 heteroatoms. The maximum atomic E-state index is 13.4. The molecule has 0 aliphatic heterocycles. The summed E-state index contributed by atoms with van der Waals surface area (Å²) < 4.78 is 26.3. The summed E-state index contributed by atoms with van der Waals surface area (Å²) in [6.07, 6.45) is 1.32. The van der Waals surface area contributed by atoms with Crippen molar-refractivity contribution in [3.05, 3.63) is 42.2 Å². The van der Waals surface area contributed by atoms with Gasteiger partial charge < -0.3 is 10.6 Å². The maximum Gasteiger partial charge on any atom is 0.182 e. The highest BCUT2D eigenvalue weighted by Gasteiger charge is 2.08. The van der Waals surface area contributed by atoms with Crippen molar-refractivity contribution >= 4 is 17.3 Å². The molecule has 0 saturated heterocycles. The Morgan fingerprint density at radius 3 is 2.65 bits per heavy atom. The Labute approximate surface area is 96.7 Å². The number of hydrogen-bond acceptors (Lipinski definition) is 4. The van der Waals surface area contributed by atoms with E-state index in [4.69, 9.17) is 0 Å². The van der Waals surface area contributed by atoms with E-state index >= 15 is 0 Å². The van der Waals surface area contributed by atoms with Gasteiger partial charge in [-0.05, 0) is 12.1 Å². The van der Waals surface area contributed by atoms with Gasteiger partial charge in [0.15, 0.2) is 11.6 Å². The third-order valence-electron chi connectivity index (χ3n) is 2.14. The molecule has 0 amide bonds. The van der Waals surface area contributed by atoms with Gasteiger partial charge >= 0.3 is 0 Å². The van der Waals surface area contributed by atoms with Gasteiger partial charge in [0.25, 0.3) is 0 Å². The number of aromatic nitrogens is 2. The number of nitrogens with one attached hydrogen (secondary N) is 2. The second kappa shape index (κ2) is 4.73. The minimum Gasteiger partial charge on any atom is -0.373 e. The summed E-state index contributed by atoms with van der Waals surface area (Å²) in [5, 5.41) is 5.50. The Bertz CT molecular complexity index is 531. The van der Waals surface area contributed by atoms with E-state index in [-0.39, 0.29) is 5.69 Å². The molecule has 88 valence electrons. The van der Waals surface area contributed by atoms with Crippen LogP contribution in [0.3, 0.4) is 0 Å². The molecule has 2 N–H and O–H groups in total. The molecule has 1 heterocycles. The first-order chi connectivity index (χ1) is 8.20. The summed E-state index contributed by atoms with van der Waals surface area (Å²) in [5.74, 6) is -0.872. The molecule has 2 aromatic rings. The molecule has 0 atom stereocenters. The fraction of sp³-hybridized carbons (Fsp3) is 0.0909. The summed E-state index contributed by atoms with van der Waals surface area (Å²) in [4.78, 5) is 7.81. The Morgan fingerprint density at radius 1 is 1.12 bits per heavy atom. The SMILES string of the molecule is CNc1cc(Nc2cccc(F)c2F)ncn1. The molecule has 0 spiro atoms. The van der Waals surface area contributed by atoms with Crippen molar-refractivity contribution < 1.29 is 8.78 Å². The fourth-order valence-corrected chi connectivity index (χ4v) is 1.30. The third-order valence-corrected chi connectivity index (χ3v) is 2.14. The van der Waals surface area contributed by atoms with E-state index in [0.717, 1.165) is 6.07 Å². The van der Waals surface area contributed by atoms with Crippen molar-refractivity contribution in [2.75, 3.05) is 17.7 Å². The molecule has 1 aromatic heterocycles. The molecule has 0 aliphatic rings. The van der Waals surface area contributed by atoms with E-state index in [2.05, 4.69) is 20.6 Å². The second-order valence-corrected chi connectivity index (χ2v) is 3.26. The van der Waals surface area contributed by atoms with Gasteiger partial charge in [0.05, 0.1) is 5.69 Å². The van der Waals surface area contributed by atoms with Gasteiger partial charge in [0.1, 0.15) is 18.0 Å². The summed E-state index contributed by atoms with van der Waals surface area (Å²) >= 11 is 0. The monoisotopic (exact) mass is 236 g/mol. The van der Waals surface area contributed by atoms with Gasteiger partial charge in [-0.15, -0.1) is 0 Å². The van der Waals surface area contributed by atoms with Crippen LogP contribution in [0.15, 0.2) is 30.6 Å². The van der Waals surface area contributed by atoms with E-state index < -0.39 is 11.6 Å². The highest BCUT2D eigenvalue weighted by atomic mass is 19.2. The standard InChI is InChI=1S/C11H10F2N4/c1-14-9-5-10(16-6-15-9)17-8-4-2-3-7(12)11(8)13/h2-6H,1H3,(H2,14,15,16,17). The summed E-state index contributed by atoms with van der Waals surface area (Å²) in [6, 6.07) is 5.49. The molecule has 0 fully saturated rings. The number of hydrogen-bond donors (Lipinski definition) is 2. The Hall–Kier alpha value is -2.24. The Kier molecular flexibility index (Phi) is 3.13. The van der Waals surface area contributed by atoms with Crippen molar-refractivity contribution in [2.24, 2.45) is 0 Å². The molecule has 0 unspecified atom stereocenters. The lowest BCUT2D eigenvalue weighted by molar-refractivity contribution is 0.511. The predicted octanol–water partition coefficient (Wildman–Crippen LogP) is 2.54. The van der Waals surface area contributed by atoms with Crippen LogP contribution >= 0.6 is 0 Å². The van der Waals surface area contributed by atoms with Crippen molar-refractivity contribution in [3.8, 4) is 0 Å². The normalized spacial score (nSPS) is 10.1. The lowest BCUT2D eigenvalue weighted by atomic mass is 10.3. The fourth-order valence-electron chi connectivity index (χ4n) is 1.30. The van der Waals surface area contributed by atoms with Crippen molar-refractivity contribution in [3.63, 3.8) is 0 Å². The van der Waals surface area contributed by atoms with Crippen LogP contribution in [0.4, 0.5) is 26.1 Å². The van der Waals surface area contributed by atoms with Crippen LogP contribution in [0.5, 0.6) is 0 Å². The van der Waals surface area contributed by atoms with Gasteiger partial charge in [-0.1, -0.05) is 6.07 Å². The van der Waals surface area contributed by atoms with Crippen LogP contribution < -0.4 is 10.6 Å². The van der Waals surface area contributed by atoms with E-state index in [1.807, 2.05) is 0 Å². The topological polar surface area (TPSA) is 49.8 Å². The van der Waals surface area contributed by atoms with Gasteiger partial charge in [0, 0.05) is 13.1 Å². The first kappa shape index (κ1) is 11.3. The minimum atomic E-state index is -0.933. The molecular formula is C11H10F2N4. The second-order valence-electron chi connectivity index (χ2n) is 3.26. The first-order valence-corrected chi connectivity index (χ1v) is 4.91. The molecule has 0 saturated carbocycles. The molecule has 1 aromatic carbocycles. The van der Waals surface area contributed by atoms with Crippen molar-refractivity contribution in [2.45, 2.75) is 0 Å². The van der Waals surface area contributed by atoms with E-state index in [1.54, 1.807) is 13.1 Å². The van der Waals surface area contributed by atoms with E-state index in [9.17, 15) is 8.78 Å². The van der Waals surface area contributed by atoms with Gasteiger partial charge in [-0.25, -0.2) is 18.7 Å². The van der Waals surface area contributed by atoms with Crippen molar-refractivity contribution in [1.29, 1.82) is 0 Å². The summed E-state index contributed by atoms with van der Waals surface area (Å²) in [5.41, 5.74) is 0.0331. The summed E-state index contributed by atoms with van der Waals surface area (Å²) in [6.45, 7) is 0. The zero-order valence-electron chi connectivity index (χ0n) is 9.04. The van der Waals surface area contributed by atoms with Crippen molar-refractivity contribution in [1.82, 2.24) is 9.97 Å². The van der Waals surface area contributed by atoms with Crippen LogP contribution in [0.2, 0.25) is 0 Å². The van der Waals surface area contributed by atoms with Crippen LogP contribution in [0, 0.1) is 11.6 Å². The van der Waals surface area contributed by atoms with Crippen LogP contribution in [0.1, 0.15) is 0 Å². The molecule has 0 bridgehead atoms. The lowest BCUT2D eigenvalue weighted by Crippen LogP contribution is -2.00. The van der Waals surface area contributed by atoms with E-state index in [0.29, 0.717) is 11.6 Å². The molecule has 0 radical (unpaired) electrons. The quantitative estimate of drug-likeness (QED) is 0.859. The minimum absolute atomic E-state index is 0.0331. The average Bonchev–Trinajstić information content (AvgIpc) is 2.35. The van der Waals surface area contributed by atoms with Crippen LogP contribution in [0.25, 0.3) is 0 Å². The number of benzene rings is 1. The molecular weight excluding hydrogens is 226 g/mol. The zero-order chi connectivity index (χ0) is 12.3. The predicted molar refractivity (Wildman–Crippen MR) is 61.2 cm³/mol. The van der Waals surface area contributed by atoms with Crippen LogP contribution in [-0.4, -0.2) is 17.0 Å². The largest absolute Gasteiger partial charge is 0.373 e. The van der Waals surface area contributed by atoms with E-state index in [1.165, 1.54) is 18.5 Å². The van der Waals surface area contributed by atoms with Gasteiger partial charge in [-0.2, -0.15) is 0 Å². The number of halogens is 2. The third kappa shape index (κ3) is 2.47. The molecule has 0 aliphatic carbocycles. The molecule has 17 heavy (non-hydrogen) atoms. The van der Waals surface area contributed by atoms with Crippen LogP contribution in [-0.2, 0) is 0 Å². The first-order valence-electron chi connectivity index (χ1n) is 4.91. The Balaban J connectivity index is 2.28. The highest BCUT2D eigenvalue weighted by Crippen LogP contribution is 2.21. The van der Waals surface area contributed by atoms with Gasteiger partial charge in [-0.3, -0.25) is 0 Å². The number of anilines is 3. The zero-order valence-corrected chi connectivity index (χ0v) is 9.04. The molecule has 4 nitrogen and oxygen atoms in total. The molecule has 2 rings (SSSR count). The lowest BCUT2D eigenvalue weighted by Gasteiger charge is -2.07. The maximum absolute atomic E-state index is 13.4. The number of nitrogens with zero attached hydrogens (tertiary/aromatic N) is 2. The average molecular weight is 236 g/mol. The summed E-state index contributed by atoms with van der Waals surface area (Å²) in [7, 11) is 1.70.